The molecule has 0 radical (unpaired) electrons. The average Bonchev–Trinajstić information content (AvgIpc) is 3.67. The van der Waals surface area contributed by atoms with Gasteiger partial charge < -0.3 is 9.32 Å². The molecule has 2 aliphatic rings. The van der Waals surface area contributed by atoms with Gasteiger partial charge in [-0.15, -0.1) is 0 Å². The monoisotopic (exact) mass is 693 g/mol. The maximum Gasteiger partial charge on any atom is 0.139 e. The summed E-state index contributed by atoms with van der Waals surface area (Å²) in [5.74, 6) is 0. The number of anilines is 3. The molecule has 1 aromatic heterocycles. The van der Waals surface area contributed by atoms with Gasteiger partial charge in [0.1, 0.15) is 11.2 Å². The Balaban J connectivity index is 1.31. The minimum absolute atomic E-state index is 0.00212. The van der Waals surface area contributed by atoms with Gasteiger partial charge in [0.05, 0.1) is 0 Å². The fourth-order valence-corrected chi connectivity index (χ4v) is 9.34. The lowest BCUT2D eigenvalue weighted by molar-refractivity contribution is 0.559. The second-order valence-electron chi connectivity index (χ2n) is 18.8. The van der Waals surface area contributed by atoms with E-state index in [2.05, 4.69) is 190 Å². The Kier molecular flexibility index (Phi) is 6.99. The first kappa shape index (κ1) is 33.7. The fourth-order valence-electron chi connectivity index (χ4n) is 9.34. The van der Waals surface area contributed by atoms with Crippen molar-refractivity contribution in [3.05, 3.63) is 148 Å². The molecule has 2 nitrogen and oxygen atoms in total. The van der Waals surface area contributed by atoms with Gasteiger partial charge in [-0.05, 0) is 122 Å². The summed E-state index contributed by atoms with van der Waals surface area (Å²) < 4.78 is 6.78. The zero-order chi connectivity index (χ0) is 37.4. The van der Waals surface area contributed by atoms with Gasteiger partial charge in [-0.3, -0.25) is 0 Å². The molecule has 53 heavy (non-hydrogen) atoms. The van der Waals surface area contributed by atoms with Crippen LogP contribution in [0.2, 0.25) is 0 Å². The van der Waals surface area contributed by atoms with Crippen LogP contribution in [0.3, 0.4) is 0 Å². The number of nitrogens with zero attached hydrogens (tertiary/aromatic N) is 1. The molecule has 0 atom stereocenters. The highest BCUT2D eigenvalue weighted by molar-refractivity contribution is 6.08. The molecule has 0 fully saturated rings. The van der Waals surface area contributed by atoms with Crippen molar-refractivity contribution < 1.29 is 4.42 Å². The first-order valence-electron chi connectivity index (χ1n) is 19.3. The third-order valence-corrected chi connectivity index (χ3v) is 12.5. The molecule has 0 saturated heterocycles. The molecule has 9 rings (SSSR count). The Morgan fingerprint density at radius 2 is 1.08 bits per heavy atom. The van der Waals surface area contributed by atoms with E-state index >= 15 is 0 Å². The Hall–Kier alpha value is -5.08. The van der Waals surface area contributed by atoms with E-state index in [1.807, 2.05) is 0 Å². The van der Waals surface area contributed by atoms with Crippen molar-refractivity contribution in [3.63, 3.8) is 0 Å². The van der Waals surface area contributed by atoms with Crippen molar-refractivity contribution in [2.24, 2.45) is 0 Å². The third kappa shape index (κ3) is 4.91. The van der Waals surface area contributed by atoms with Crippen LogP contribution in [0.25, 0.3) is 44.2 Å². The van der Waals surface area contributed by atoms with E-state index in [0.29, 0.717) is 0 Å². The van der Waals surface area contributed by atoms with E-state index in [-0.39, 0.29) is 21.7 Å². The molecule has 6 aromatic carbocycles. The van der Waals surface area contributed by atoms with Gasteiger partial charge >= 0.3 is 0 Å². The summed E-state index contributed by atoms with van der Waals surface area (Å²) in [5.41, 5.74) is 19.9. The van der Waals surface area contributed by atoms with Crippen molar-refractivity contribution in [3.8, 4) is 22.3 Å². The first-order chi connectivity index (χ1) is 25.0. The number of furan rings is 1. The second-order valence-corrected chi connectivity index (χ2v) is 18.8. The molecular weight excluding hydrogens is 643 g/mol. The Labute approximate surface area is 315 Å². The van der Waals surface area contributed by atoms with Gasteiger partial charge in [-0.2, -0.15) is 0 Å². The summed E-state index contributed by atoms with van der Waals surface area (Å²) >= 11 is 0. The highest BCUT2D eigenvalue weighted by Gasteiger charge is 2.38. The quantitative estimate of drug-likeness (QED) is 0.183. The van der Waals surface area contributed by atoms with Crippen LogP contribution in [0.15, 0.2) is 114 Å². The summed E-state index contributed by atoms with van der Waals surface area (Å²) in [6.45, 7) is 25.6. The topological polar surface area (TPSA) is 16.4 Å². The number of rotatable bonds is 3. The molecule has 0 bridgehead atoms. The van der Waals surface area contributed by atoms with E-state index in [0.717, 1.165) is 22.2 Å². The van der Waals surface area contributed by atoms with E-state index in [4.69, 9.17) is 4.42 Å². The van der Waals surface area contributed by atoms with Gasteiger partial charge in [-0.25, -0.2) is 0 Å². The van der Waals surface area contributed by atoms with Gasteiger partial charge in [0.25, 0.3) is 0 Å². The zero-order valence-electron chi connectivity index (χ0n) is 33.2. The van der Waals surface area contributed by atoms with Crippen LogP contribution in [0.5, 0.6) is 0 Å². The SMILES string of the molecule is Cc1cc2c(cc1N(c1ccc3c(c1)C(C)(C)c1ccccc1-3)c1ccc3oc4c(C(C)(C)C)cc(C(C)(C)C)cc4c3c1)C(C)(C)c1ccccc1-2. The number of fused-ring (bicyclic) bond motifs is 9. The van der Waals surface area contributed by atoms with E-state index in [1.165, 1.54) is 78.0 Å². The predicted molar refractivity (Wildman–Crippen MR) is 226 cm³/mol. The van der Waals surface area contributed by atoms with Crippen molar-refractivity contribution in [2.45, 2.75) is 97.8 Å². The minimum Gasteiger partial charge on any atom is -0.456 e. The molecule has 266 valence electrons. The van der Waals surface area contributed by atoms with Crippen LogP contribution in [-0.4, -0.2) is 0 Å². The molecule has 7 aromatic rings. The van der Waals surface area contributed by atoms with E-state index in [1.54, 1.807) is 0 Å². The number of aryl methyl sites for hydroxylation is 1. The summed E-state index contributed by atoms with van der Waals surface area (Å²) in [5, 5.41) is 2.34. The van der Waals surface area contributed by atoms with Gasteiger partial charge in [0, 0.05) is 44.2 Å². The first-order valence-corrected chi connectivity index (χ1v) is 19.3. The highest BCUT2D eigenvalue weighted by Crippen LogP contribution is 2.54. The van der Waals surface area contributed by atoms with Crippen LogP contribution in [0, 0.1) is 6.92 Å². The maximum absolute atomic E-state index is 6.78. The lowest BCUT2D eigenvalue weighted by Crippen LogP contribution is -2.18. The normalized spacial score (nSPS) is 15.4. The van der Waals surface area contributed by atoms with Gasteiger partial charge in [0.15, 0.2) is 0 Å². The molecule has 0 aliphatic heterocycles. The minimum atomic E-state index is -0.112. The summed E-state index contributed by atoms with van der Waals surface area (Å²) in [6, 6.07) is 41.5. The number of hydrogen-bond donors (Lipinski definition) is 0. The molecule has 1 heterocycles. The van der Waals surface area contributed by atoms with E-state index in [9.17, 15) is 0 Å². The maximum atomic E-state index is 6.78. The van der Waals surface area contributed by atoms with Crippen LogP contribution >= 0.6 is 0 Å². The zero-order valence-corrected chi connectivity index (χ0v) is 33.2. The molecule has 2 aliphatic carbocycles. The Morgan fingerprint density at radius 1 is 0.509 bits per heavy atom. The van der Waals surface area contributed by atoms with Gasteiger partial charge in [0.2, 0.25) is 0 Å². The number of hydrogen-bond acceptors (Lipinski definition) is 2. The Bertz CT molecular complexity index is 2650. The van der Waals surface area contributed by atoms with E-state index < -0.39 is 0 Å². The lowest BCUT2D eigenvalue weighted by atomic mass is 9.79. The third-order valence-electron chi connectivity index (χ3n) is 12.5. The number of benzene rings is 6. The van der Waals surface area contributed by atoms with Crippen molar-refractivity contribution in [1.82, 2.24) is 0 Å². The fraction of sp³-hybridized carbons (Fsp3) is 0.294. The summed E-state index contributed by atoms with van der Waals surface area (Å²) in [7, 11) is 0. The van der Waals surface area contributed by atoms with Gasteiger partial charge in [-0.1, -0.05) is 130 Å². The molecule has 0 unspecified atom stereocenters. The molecule has 0 N–H and O–H groups in total. The smallest absolute Gasteiger partial charge is 0.139 e. The molecule has 0 amide bonds. The largest absolute Gasteiger partial charge is 0.456 e. The van der Waals surface area contributed by atoms with Crippen LogP contribution < -0.4 is 4.90 Å². The summed E-state index contributed by atoms with van der Waals surface area (Å²) in [4.78, 5) is 2.50. The standard InChI is InChI=1S/C51H51NO/c1-30-24-37-35-17-13-15-19-41(35)51(10,11)43(37)29-45(30)52(33-20-22-36-34-16-12-14-18-40(34)50(8,9)42(36)28-33)32-21-23-46-38(27-32)39-25-31(48(2,3)4)26-44(47(39)53-46)49(5,6)7/h12-29H,1-11H3. The molecule has 0 spiro atoms. The Morgan fingerprint density at radius 3 is 1.72 bits per heavy atom. The van der Waals surface area contributed by atoms with Crippen LogP contribution in [-0.2, 0) is 21.7 Å². The molecule has 2 heteroatoms. The predicted octanol–water partition coefficient (Wildman–Crippen LogP) is 14.6. The van der Waals surface area contributed by atoms with Crippen molar-refractivity contribution in [2.75, 3.05) is 4.90 Å². The molecular formula is C51H51NO. The average molecular weight is 694 g/mol. The lowest BCUT2D eigenvalue weighted by Gasteiger charge is -2.31. The molecule has 0 saturated carbocycles. The van der Waals surface area contributed by atoms with Crippen LogP contribution in [0.4, 0.5) is 17.1 Å². The summed E-state index contributed by atoms with van der Waals surface area (Å²) in [6.07, 6.45) is 0. The van der Waals surface area contributed by atoms with Crippen LogP contribution in [0.1, 0.15) is 108 Å². The highest BCUT2D eigenvalue weighted by atomic mass is 16.3. The van der Waals surface area contributed by atoms with Crippen molar-refractivity contribution >= 4 is 39.0 Å². The van der Waals surface area contributed by atoms with Crippen molar-refractivity contribution in [1.29, 1.82) is 0 Å². The second kappa shape index (κ2) is 11.0.